The van der Waals surface area contributed by atoms with Crippen LogP contribution in [-0.4, -0.2) is 0 Å². The van der Waals surface area contributed by atoms with E-state index in [-0.39, 0.29) is 0 Å². The molecule has 2 aromatic rings. The maximum Gasteiger partial charge on any atom is 0.200 e. The van der Waals surface area contributed by atoms with Gasteiger partial charge in [-0.25, -0.2) is 26.3 Å². The summed E-state index contributed by atoms with van der Waals surface area (Å²) in [5, 5.41) is 8.60. The third-order valence-electron chi connectivity index (χ3n) is 2.60. The van der Waals surface area contributed by atoms with Crippen molar-refractivity contribution >= 4 is 0 Å². The van der Waals surface area contributed by atoms with Gasteiger partial charge < -0.3 is 0 Å². The zero-order valence-electron chi connectivity index (χ0n) is 9.45. The van der Waals surface area contributed by atoms with Crippen LogP contribution >= 0.6 is 0 Å². The first-order valence-electron chi connectivity index (χ1n) is 5.10. The normalized spacial score (nSPS) is 10.4. The second kappa shape index (κ2) is 4.89. The van der Waals surface area contributed by atoms with Crippen molar-refractivity contribution in [1.82, 2.24) is 0 Å². The zero-order valence-corrected chi connectivity index (χ0v) is 9.45. The molecule has 0 amide bonds. The van der Waals surface area contributed by atoms with Crippen LogP contribution in [0.3, 0.4) is 0 Å². The van der Waals surface area contributed by atoms with Crippen molar-refractivity contribution in [2.24, 2.45) is 0 Å². The van der Waals surface area contributed by atoms with Crippen molar-refractivity contribution in [3.63, 3.8) is 0 Å². The number of halogens is 6. The van der Waals surface area contributed by atoms with Crippen molar-refractivity contribution in [3.05, 3.63) is 58.7 Å². The molecule has 2 aromatic carbocycles. The fourth-order valence-corrected chi connectivity index (χ4v) is 1.65. The fourth-order valence-electron chi connectivity index (χ4n) is 1.65. The quantitative estimate of drug-likeness (QED) is 0.441. The Labute approximate surface area is 108 Å². The zero-order chi connectivity index (χ0) is 15.0. The summed E-state index contributed by atoms with van der Waals surface area (Å²) >= 11 is 0. The molecule has 0 heterocycles. The van der Waals surface area contributed by atoms with Crippen LogP contribution in [0.4, 0.5) is 26.3 Å². The number of hydrogen-bond acceptors (Lipinski definition) is 1. The van der Waals surface area contributed by atoms with Crippen LogP contribution < -0.4 is 0 Å². The third-order valence-corrected chi connectivity index (χ3v) is 2.60. The predicted molar refractivity (Wildman–Crippen MR) is 56.3 cm³/mol. The second-order valence-corrected chi connectivity index (χ2v) is 3.72. The Balaban J connectivity index is 2.88. The molecule has 0 radical (unpaired) electrons. The van der Waals surface area contributed by atoms with E-state index in [1.54, 1.807) is 0 Å². The van der Waals surface area contributed by atoms with Crippen molar-refractivity contribution < 1.29 is 26.3 Å². The van der Waals surface area contributed by atoms with Gasteiger partial charge in [0.25, 0.3) is 0 Å². The molecule has 0 unspecified atom stereocenters. The first-order valence-corrected chi connectivity index (χ1v) is 5.10. The highest BCUT2D eigenvalue weighted by Crippen LogP contribution is 2.33. The highest BCUT2D eigenvalue weighted by molar-refractivity contribution is 5.67. The van der Waals surface area contributed by atoms with Crippen LogP contribution in [0.25, 0.3) is 11.1 Å². The van der Waals surface area contributed by atoms with E-state index in [2.05, 4.69) is 0 Å². The van der Waals surface area contributed by atoms with E-state index in [1.165, 1.54) is 6.07 Å². The van der Waals surface area contributed by atoms with Crippen LogP contribution in [0.2, 0.25) is 0 Å². The maximum atomic E-state index is 13.8. The maximum absolute atomic E-state index is 13.8. The molecule has 0 aliphatic rings. The monoisotopic (exact) mass is 287 g/mol. The summed E-state index contributed by atoms with van der Waals surface area (Å²) in [5.74, 6) is -12.4. The molecule has 0 atom stereocenters. The largest absolute Gasteiger partial charge is 0.205 e. The lowest BCUT2D eigenvalue weighted by Gasteiger charge is -2.09. The third kappa shape index (κ3) is 1.90. The van der Waals surface area contributed by atoms with Gasteiger partial charge in [0.2, 0.25) is 5.82 Å². The number of hydrogen-bond donors (Lipinski definition) is 0. The molecule has 0 bridgehead atoms. The average Bonchev–Trinajstić information content (AvgIpc) is 2.45. The molecule has 0 N–H and O–H groups in total. The van der Waals surface area contributed by atoms with Gasteiger partial charge in [0, 0.05) is 5.56 Å². The topological polar surface area (TPSA) is 23.8 Å². The van der Waals surface area contributed by atoms with Gasteiger partial charge in [0.15, 0.2) is 23.3 Å². The summed E-state index contributed by atoms with van der Waals surface area (Å²) in [6.45, 7) is 0. The van der Waals surface area contributed by atoms with Crippen molar-refractivity contribution in [3.8, 4) is 17.2 Å². The van der Waals surface area contributed by atoms with Gasteiger partial charge in [-0.3, -0.25) is 0 Å². The van der Waals surface area contributed by atoms with Crippen LogP contribution in [0.15, 0.2) is 18.2 Å². The van der Waals surface area contributed by atoms with E-state index < -0.39 is 51.6 Å². The van der Waals surface area contributed by atoms with Gasteiger partial charge in [-0.1, -0.05) is 12.1 Å². The van der Waals surface area contributed by atoms with Crippen LogP contribution in [0.1, 0.15) is 5.56 Å². The van der Waals surface area contributed by atoms with Gasteiger partial charge in [-0.05, 0) is 6.07 Å². The molecule has 7 heteroatoms. The van der Waals surface area contributed by atoms with Crippen LogP contribution in [0, 0.1) is 46.2 Å². The molecule has 0 spiro atoms. The van der Waals surface area contributed by atoms with Gasteiger partial charge in [0.05, 0.1) is 11.1 Å². The summed E-state index contributed by atoms with van der Waals surface area (Å²) in [6, 6.07) is 4.29. The van der Waals surface area contributed by atoms with Crippen LogP contribution in [-0.2, 0) is 0 Å². The Hall–Kier alpha value is -2.49. The molecule has 0 saturated heterocycles. The van der Waals surface area contributed by atoms with Gasteiger partial charge in [-0.2, -0.15) is 5.26 Å². The molecule has 0 aromatic heterocycles. The molecule has 20 heavy (non-hydrogen) atoms. The molecule has 0 saturated carbocycles. The minimum absolute atomic E-state index is 0.577. The average molecular weight is 287 g/mol. The van der Waals surface area contributed by atoms with Crippen molar-refractivity contribution in [1.29, 1.82) is 5.26 Å². The molecule has 0 aliphatic carbocycles. The molecular weight excluding hydrogens is 284 g/mol. The standard InChI is InChI=1S/C13H3F6N/c14-8-5(4-20)2-1-3-6(8)7-9(15)11(17)13(19)12(18)10(7)16/h1-3H. The minimum Gasteiger partial charge on any atom is -0.205 e. The summed E-state index contributed by atoms with van der Waals surface area (Å²) in [6.07, 6.45) is 0. The summed E-state index contributed by atoms with van der Waals surface area (Å²) in [4.78, 5) is 0. The molecule has 1 nitrogen and oxygen atoms in total. The predicted octanol–water partition coefficient (Wildman–Crippen LogP) is 4.06. The minimum atomic E-state index is -2.33. The van der Waals surface area contributed by atoms with Crippen molar-refractivity contribution in [2.45, 2.75) is 0 Å². The van der Waals surface area contributed by atoms with Crippen LogP contribution in [0.5, 0.6) is 0 Å². The van der Waals surface area contributed by atoms with Crippen molar-refractivity contribution in [2.75, 3.05) is 0 Å². The highest BCUT2D eigenvalue weighted by atomic mass is 19.2. The van der Waals surface area contributed by atoms with E-state index in [0.717, 1.165) is 18.2 Å². The first kappa shape index (κ1) is 13.9. The van der Waals surface area contributed by atoms with E-state index in [0.29, 0.717) is 0 Å². The Morgan fingerprint density at radius 1 is 0.700 bits per heavy atom. The Morgan fingerprint density at radius 2 is 1.20 bits per heavy atom. The summed E-state index contributed by atoms with van der Waals surface area (Å²) < 4.78 is 79.8. The summed E-state index contributed by atoms with van der Waals surface area (Å²) in [7, 11) is 0. The number of nitriles is 1. The van der Waals surface area contributed by atoms with Gasteiger partial charge >= 0.3 is 0 Å². The highest BCUT2D eigenvalue weighted by Gasteiger charge is 2.28. The molecular formula is C13H3F6N. The Bertz CT molecular complexity index is 718. The Kier molecular flexibility index (Phi) is 3.40. The van der Waals surface area contributed by atoms with Gasteiger partial charge in [0.1, 0.15) is 11.9 Å². The lowest BCUT2D eigenvalue weighted by atomic mass is 10.0. The molecule has 2 rings (SSSR count). The molecule has 0 aliphatic heterocycles. The lowest BCUT2D eigenvalue weighted by Crippen LogP contribution is -2.05. The van der Waals surface area contributed by atoms with E-state index in [4.69, 9.17) is 5.26 Å². The second-order valence-electron chi connectivity index (χ2n) is 3.72. The number of nitrogens with zero attached hydrogens (tertiary/aromatic N) is 1. The SMILES string of the molecule is N#Cc1cccc(-c2c(F)c(F)c(F)c(F)c2F)c1F. The molecule has 0 fully saturated rings. The fraction of sp³-hybridized carbons (Fsp3) is 0. The lowest BCUT2D eigenvalue weighted by molar-refractivity contribution is 0.381. The Morgan fingerprint density at radius 3 is 1.70 bits per heavy atom. The van der Waals surface area contributed by atoms with E-state index in [1.807, 2.05) is 0 Å². The number of rotatable bonds is 1. The molecule has 102 valence electrons. The van der Waals surface area contributed by atoms with E-state index in [9.17, 15) is 26.3 Å². The summed E-state index contributed by atoms with van der Waals surface area (Å²) in [5.41, 5.74) is -2.86. The van der Waals surface area contributed by atoms with E-state index >= 15 is 0 Å². The smallest absolute Gasteiger partial charge is 0.200 e. The number of benzene rings is 2. The van der Waals surface area contributed by atoms with Gasteiger partial charge in [-0.15, -0.1) is 0 Å². The first-order chi connectivity index (χ1) is 9.40.